The maximum Gasteiger partial charge on any atom is 0.416 e. The number of ether oxygens (including phenoxy) is 7. The second kappa shape index (κ2) is 15.2. The van der Waals surface area contributed by atoms with Gasteiger partial charge in [-0.2, -0.15) is 0 Å². The van der Waals surface area contributed by atoms with Gasteiger partial charge in [-0.25, -0.2) is 9.59 Å². The molecule has 246 valence electrons. The second-order valence-corrected chi connectivity index (χ2v) is 12.9. The first-order valence-corrected chi connectivity index (χ1v) is 15.5. The first-order valence-electron chi connectivity index (χ1n) is 14.6. The number of rotatable bonds is 10. The molecule has 1 saturated heterocycles. The van der Waals surface area contributed by atoms with Crippen molar-refractivity contribution in [1.82, 2.24) is 9.80 Å². The highest BCUT2D eigenvalue weighted by Crippen LogP contribution is 2.40. The van der Waals surface area contributed by atoms with Crippen molar-refractivity contribution in [3.63, 3.8) is 0 Å². The van der Waals surface area contributed by atoms with Crippen LogP contribution in [-0.4, -0.2) is 105 Å². The molecule has 0 spiro atoms. The largest absolute Gasteiger partial charge is 0.497 e. The van der Waals surface area contributed by atoms with Crippen molar-refractivity contribution in [2.45, 2.75) is 69.4 Å². The van der Waals surface area contributed by atoms with Crippen LogP contribution in [0.2, 0.25) is 0 Å². The van der Waals surface area contributed by atoms with Crippen LogP contribution < -0.4 is 9.47 Å². The van der Waals surface area contributed by atoms with Crippen molar-refractivity contribution in [2.24, 2.45) is 4.99 Å². The van der Waals surface area contributed by atoms with Gasteiger partial charge < -0.3 is 38.1 Å². The Morgan fingerprint density at radius 2 is 1.38 bits per heavy atom. The second-order valence-electron chi connectivity index (χ2n) is 11.8. The summed E-state index contributed by atoms with van der Waals surface area (Å²) in [5, 5.41) is 0.428. The molecule has 0 unspecified atom stereocenters. The molecular formula is C32H43N3O9S. The Hall–Kier alpha value is -3.52. The lowest BCUT2D eigenvalue weighted by Crippen LogP contribution is -2.58. The van der Waals surface area contributed by atoms with Gasteiger partial charge in [-0.15, -0.1) is 0 Å². The average Bonchev–Trinajstić information content (AvgIpc) is 3.44. The number of amides is 2. The Balaban J connectivity index is 1.63. The lowest BCUT2D eigenvalue weighted by molar-refractivity contribution is -0.205. The Bertz CT molecular complexity index is 1310. The van der Waals surface area contributed by atoms with Gasteiger partial charge in [-0.05, 0) is 56.2 Å². The van der Waals surface area contributed by atoms with Gasteiger partial charge in [-0.3, -0.25) is 9.89 Å². The Labute approximate surface area is 268 Å². The fourth-order valence-corrected chi connectivity index (χ4v) is 5.78. The molecule has 45 heavy (non-hydrogen) atoms. The monoisotopic (exact) mass is 645 g/mol. The lowest BCUT2D eigenvalue weighted by Gasteiger charge is -2.42. The number of thioether (sulfide) groups is 1. The number of nitrogens with zero attached hydrogens (tertiary/aromatic N) is 3. The predicted molar refractivity (Wildman–Crippen MR) is 170 cm³/mol. The van der Waals surface area contributed by atoms with E-state index in [9.17, 15) is 9.59 Å². The molecule has 12 nitrogen and oxygen atoms in total. The predicted octanol–water partition coefficient (Wildman–Crippen LogP) is 4.94. The van der Waals surface area contributed by atoms with Gasteiger partial charge in [-0.1, -0.05) is 36.0 Å². The number of benzene rings is 2. The number of hydrogen-bond acceptors (Lipinski definition) is 11. The molecule has 2 aliphatic heterocycles. The number of aliphatic imine (C=N–C) groups is 1. The van der Waals surface area contributed by atoms with E-state index < -0.39 is 47.6 Å². The summed E-state index contributed by atoms with van der Waals surface area (Å²) >= 11 is 1.29. The highest BCUT2D eigenvalue weighted by molar-refractivity contribution is 8.14. The molecule has 2 aromatic rings. The summed E-state index contributed by atoms with van der Waals surface area (Å²) in [5.41, 5.74) is 0.619. The number of hydrogen-bond donors (Lipinski definition) is 0. The Kier molecular flexibility index (Phi) is 11.6. The summed E-state index contributed by atoms with van der Waals surface area (Å²) in [6, 6.07) is 14.6. The molecule has 2 aromatic carbocycles. The third-order valence-corrected chi connectivity index (χ3v) is 8.20. The number of fused-ring (bicyclic) bond motifs is 1. The van der Waals surface area contributed by atoms with Crippen LogP contribution in [0.5, 0.6) is 11.5 Å². The SMILES string of the molecule is COc1ccc(CO[C@@H]2[C@H]3N=C(N(C)C(=O)OC(C)(C)C)S[C@H]3O[C@H](COC(=O)N(C)C)[C@H]2OCc2ccc(OC)cc2)cc1. The summed E-state index contributed by atoms with van der Waals surface area (Å²) in [4.78, 5) is 32.9. The van der Waals surface area contributed by atoms with Crippen molar-refractivity contribution in [3.05, 3.63) is 59.7 Å². The van der Waals surface area contributed by atoms with Crippen molar-refractivity contribution < 1.29 is 42.7 Å². The maximum atomic E-state index is 12.9. The Morgan fingerprint density at radius 3 is 1.87 bits per heavy atom. The molecule has 0 bridgehead atoms. The minimum atomic E-state index is -0.692. The average molecular weight is 646 g/mol. The third-order valence-electron chi connectivity index (χ3n) is 6.99. The van der Waals surface area contributed by atoms with Crippen LogP contribution in [0, 0.1) is 0 Å². The highest BCUT2D eigenvalue weighted by atomic mass is 32.2. The quantitative estimate of drug-likeness (QED) is 0.352. The van der Waals surface area contributed by atoms with Gasteiger partial charge in [0.2, 0.25) is 0 Å². The van der Waals surface area contributed by atoms with Crippen LogP contribution in [0.15, 0.2) is 53.5 Å². The molecule has 0 saturated carbocycles. The van der Waals surface area contributed by atoms with E-state index in [1.807, 2.05) is 48.5 Å². The molecule has 13 heteroatoms. The number of carbonyl (C=O) groups excluding carboxylic acids is 2. The van der Waals surface area contributed by atoms with Gasteiger partial charge in [0.15, 0.2) is 5.17 Å². The number of amidine groups is 1. The van der Waals surface area contributed by atoms with Crippen LogP contribution in [0.3, 0.4) is 0 Å². The fraction of sp³-hybridized carbons (Fsp3) is 0.531. The molecule has 1 fully saturated rings. The highest BCUT2D eigenvalue weighted by Gasteiger charge is 2.52. The number of carbonyl (C=O) groups is 2. The first-order chi connectivity index (χ1) is 21.4. The minimum absolute atomic E-state index is 0.0757. The molecule has 2 heterocycles. The van der Waals surface area contributed by atoms with Crippen molar-refractivity contribution in [2.75, 3.05) is 42.0 Å². The molecule has 4 rings (SSSR count). The molecule has 0 aliphatic carbocycles. The molecule has 0 radical (unpaired) electrons. The van der Waals surface area contributed by atoms with E-state index in [1.165, 1.54) is 21.6 Å². The van der Waals surface area contributed by atoms with Gasteiger partial charge in [0.05, 0.1) is 27.4 Å². The fourth-order valence-electron chi connectivity index (χ4n) is 4.60. The van der Waals surface area contributed by atoms with Crippen molar-refractivity contribution >= 4 is 29.1 Å². The molecule has 2 amide bonds. The maximum absolute atomic E-state index is 12.9. The Morgan fingerprint density at radius 1 is 0.844 bits per heavy atom. The van der Waals surface area contributed by atoms with Crippen molar-refractivity contribution in [3.8, 4) is 11.5 Å². The zero-order valence-electron chi connectivity index (χ0n) is 27.1. The van der Waals surface area contributed by atoms with Gasteiger partial charge in [0.1, 0.15) is 53.5 Å². The zero-order chi connectivity index (χ0) is 32.7. The van der Waals surface area contributed by atoms with Crippen molar-refractivity contribution in [1.29, 1.82) is 0 Å². The summed E-state index contributed by atoms with van der Waals surface area (Å²) in [7, 11) is 8.05. The molecular weight excluding hydrogens is 602 g/mol. The lowest BCUT2D eigenvalue weighted by atomic mass is 9.97. The standard InChI is InChI=1S/C32H43N3O9S/c1-32(2,3)44-31(37)35(6)29-33-25-27(41-18-21-11-15-23(39-8)16-12-21)26(40-17-20-9-13-22(38-7)14-10-20)24(43-28(25)45-29)19-42-30(36)34(4)5/h9-16,24-28H,17-19H2,1-8H3/t24-,25-,26-,27-,28-/m1/s1. The minimum Gasteiger partial charge on any atom is -0.497 e. The summed E-state index contributed by atoms with van der Waals surface area (Å²) in [5.74, 6) is 1.47. The van der Waals surface area contributed by atoms with Crippen LogP contribution in [-0.2, 0) is 36.9 Å². The topological polar surface area (TPSA) is 118 Å². The van der Waals surface area contributed by atoms with E-state index in [0.717, 1.165) is 22.6 Å². The van der Waals surface area contributed by atoms with E-state index in [0.29, 0.717) is 5.17 Å². The molecule has 2 aliphatic rings. The summed E-state index contributed by atoms with van der Waals surface area (Å²) in [6.45, 7) is 5.82. The normalized spacial score (nSPS) is 22.6. The van der Waals surface area contributed by atoms with Crippen LogP contribution in [0.1, 0.15) is 31.9 Å². The third kappa shape index (κ3) is 9.25. The van der Waals surface area contributed by atoms with Crippen LogP contribution in [0.25, 0.3) is 0 Å². The zero-order valence-corrected chi connectivity index (χ0v) is 27.9. The van der Waals surface area contributed by atoms with E-state index in [1.54, 1.807) is 56.1 Å². The van der Waals surface area contributed by atoms with Gasteiger partial charge >= 0.3 is 12.2 Å². The van der Waals surface area contributed by atoms with E-state index >= 15 is 0 Å². The molecule has 0 aromatic heterocycles. The van der Waals surface area contributed by atoms with E-state index in [2.05, 4.69) is 0 Å². The molecule has 0 N–H and O–H groups in total. The number of methoxy groups -OCH3 is 2. The van der Waals surface area contributed by atoms with Gasteiger partial charge in [0.25, 0.3) is 0 Å². The summed E-state index contributed by atoms with van der Waals surface area (Å²) < 4.78 is 41.3. The first kappa shape index (κ1) is 34.4. The smallest absolute Gasteiger partial charge is 0.416 e. The summed E-state index contributed by atoms with van der Waals surface area (Å²) in [6.07, 6.45) is -3.04. The van der Waals surface area contributed by atoms with Crippen LogP contribution >= 0.6 is 11.8 Å². The van der Waals surface area contributed by atoms with Crippen LogP contribution in [0.4, 0.5) is 9.59 Å². The van der Waals surface area contributed by atoms with E-state index in [4.69, 9.17) is 38.2 Å². The van der Waals surface area contributed by atoms with E-state index in [-0.39, 0.29) is 19.8 Å². The van der Waals surface area contributed by atoms with Gasteiger partial charge in [0, 0.05) is 21.1 Å². The molecule has 5 atom stereocenters.